The summed E-state index contributed by atoms with van der Waals surface area (Å²) in [5.41, 5.74) is 0.943. The van der Waals surface area contributed by atoms with Crippen LogP contribution < -0.4 is 0 Å². The van der Waals surface area contributed by atoms with E-state index in [4.69, 9.17) is 9.16 Å². The summed E-state index contributed by atoms with van der Waals surface area (Å²) in [4.78, 5) is 23.2. The summed E-state index contributed by atoms with van der Waals surface area (Å²) in [6.07, 6.45) is 8.01. The van der Waals surface area contributed by atoms with Gasteiger partial charge in [-0.15, -0.1) is 0 Å². The van der Waals surface area contributed by atoms with E-state index in [1.807, 2.05) is 6.08 Å². The van der Waals surface area contributed by atoms with Gasteiger partial charge in [0.1, 0.15) is 6.61 Å². The van der Waals surface area contributed by atoms with E-state index in [0.717, 1.165) is 37.7 Å². The monoisotopic (exact) mass is 326 g/mol. The van der Waals surface area contributed by atoms with Gasteiger partial charge in [-0.05, 0) is 50.6 Å². The number of unbranched alkanes of at least 4 members (excludes halogenated alkanes) is 3. The number of hydrogen-bond donors (Lipinski definition) is 0. The van der Waals surface area contributed by atoms with Crippen molar-refractivity contribution in [3.63, 3.8) is 0 Å². The summed E-state index contributed by atoms with van der Waals surface area (Å²) in [5.74, 6) is 0.418. The van der Waals surface area contributed by atoms with Crippen LogP contribution in [0.1, 0.15) is 44.9 Å². The Hall–Kier alpha value is -0.783. The van der Waals surface area contributed by atoms with Crippen molar-refractivity contribution in [2.45, 2.75) is 70.7 Å². The van der Waals surface area contributed by atoms with E-state index in [1.165, 1.54) is 0 Å². The number of allylic oxidation sites excluding steroid dienone is 1. The molecule has 0 heterocycles. The predicted molar refractivity (Wildman–Crippen MR) is 90.5 cm³/mol. The molecule has 1 aliphatic rings. The highest BCUT2D eigenvalue weighted by atomic mass is 28.4. The Kier molecular flexibility index (Phi) is 8.21. The molecule has 0 bridgehead atoms. The summed E-state index contributed by atoms with van der Waals surface area (Å²) in [6, 6.07) is 0. The zero-order valence-corrected chi connectivity index (χ0v) is 15.4. The molecule has 0 fully saturated rings. The van der Waals surface area contributed by atoms with Crippen molar-refractivity contribution in [3.8, 4) is 0 Å². The standard InChI is InChI=1S/C17H30O4Si/c1-20-13-15(18)10-8-6-5-7-9-14-11-16(12-17(14)19)21-22(2,3)4/h11,16H,5-10,12-13H2,1-4H3. The Morgan fingerprint density at radius 1 is 1.23 bits per heavy atom. The minimum atomic E-state index is -1.59. The first-order valence-corrected chi connectivity index (χ1v) is 11.6. The zero-order chi connectivity index (χ0) is 16.6. The minimum Gasteiger partial charge on any atom is -0.411 e. The van der Waals surface area contributed by atoms with E-state index < -0.39 is 8.32 Å². The number of ketones is 2. The Labute approximate surface area is 135 Å². The van der Waals surface area contributed by atoms with Gasteiger partial charge in [-0.3, -0.25) is 9.59 Å². The van der Waals surface area contributed by atoms with Crippen molar-refractivity contribution in [1.29, 1.82) is 0 Å². The molecule has 0 radical (unpaired) electrons. The average Bonchev–Trinajstić information content (AvgIpc) is 2.71. The van der Waals surface area contributed by atoms with Crippen LogP contribution >= 0.6 is 0 Å². The molecule has 22 heavy (non-hydrogen) atoms. The third kappa shape index (κ3) is 8.01. The molecular weight excluding hydrogens is 296 g/mol. The van der Waals surface area contributed by atoms with Crippen molar-refractivity contribution in [3.05, 3.63) is 11.6 Å². The first-order valence-electron chi connectivity index (χ1n) is 8.24. The fraction of sp³-hybridized carbons (Fsp3) is 0.765. The van der Waals surface area contributed by atoms with Gasteiger partial charge in [-0.2, -0.15) is 0 Å². The molecule has 0 amide bonds. The topological polar surface area (TPSA) is 52.6 Å². The second-order valence-electron chi connectivity index (χ2n) is 6.97. The highest BCUT2D eigenvalue weighted by Gasteiger charge is 2.28. The normalized spacial score (nSPS) is 18.6. The smallest absolute Gasteiger partial charge is 0.184 e. The number of methoxy groups -OCH3 is 1. The molecular formula is C17H30O4Si. The molecule has 126 valence electrons. The summed E-state index contributed by atoms with van der Waals surface area (Å²) >= 11 is 0. The minimum absolute atomic E-state index is 0.000770. The van der Waals surface area contributed by atoms with Gasteiger partial charge in [0.2, 0.25) is 0 Å². The third-order valence-electron chi connectivity index (χ3n) is 3.59. The van der Waals surface area contributed by atoms with E-state index in [2.05, 4.69) is 19.6 Å². The zero-order valence-electron chi connectivity index (χ0n) is 14.4. The lowest BCUT2D eigenvalue weighted by atomic mass is 10.0. The van der Waals surface area contributed by atoms with Crippen LogP contribution in [0.2, 0.25) is 19.6 Å². The number of ether oxygens (including phenoxy) is 1. The van der Waals surface area contributed by atoms with Gasteiger partial charge in [-0.1, -0.05) is 12.8 Å². The Bertz CT molecular complexity index is 409. The van der Waals surface area contributed by atoms with Crippen LogP contribution in [-0.4, -0.2) is 39.7 Å². The molecule has 1 atom stereocenters. The summed E-state index contributed by atoms with van der Waals surface area (Å²) in [6.45, 7) is 6.66. The molecule has 5 heteroatoms. The molecule has 0 saturated heterocycles. The molecule has 1 unspecified atom stereocenters. The second-order valence-corrected chi connectivity index (χ2v) is 11.4. The van der Waals surface area contributed by atoms with Gasteiger partial charge in [0.15, 0.2) is 19.9 Å². The van der Waals surface area contributed by atoms with Crippen LogP contribution in [0.5, 0.6) is 0 Å². The Morgan fingerprint density at radius 3 is 2.55 bits per heavy atom. The van der Waals surface area contributed by atoms with E-state index in [-0.39, 0.29) is 24.3 Å². The first-order chi connectivity index (χ1) is 10.3. The maximum atomic E-state index is 12.0. The Balaban J connectivity index is 2.18. The van der Waals surface area contributed by atoms with E-state index in [9.17, 15) is 9.59 Å². The predicted octanol–water partition coefficient (Wildman–Crippen LogP) is 3.66. The van der Waals surface area contributed by atoms with Gasteiger partial charge < -0.3 is 9.16 Å². The van der Waals surface area contributed by atoms with Gasteiger partial charge in [0, 0.05) is 20.0 Å². The summed E-state index contributed by atoms with van der Waals surface area (Å²) in [5, 5.41) is 0. The molecule has 0 aromatic rings. The van der Waals surface area contributed by atoms with Gasteiger partial charge in [0.05, 0.1) is 6.10 Å². The molecule has 0 aromatic carbocycles. The lowest BCUT2D eigenvalue weighted by Crippen LogP contribution is -2.30. The number of carbonyl (C=O) groups is 2. The molecule has 4 nitrogen and oxygen atoms in total. The van der Waals surface area contributed by atoms with Crippen molar-refractivity contribution < 1.29 is 18.8 Å². The average molecular weight is 327 g/mol. The molecule has 0 N–H and O–H groups in total. The van der Waals surface area contributed by atoms with Crippen LogP contribution in [0, 0.1) is 0 Å². The van der Waals surface area contributed by atoms with E-state index >= 15 is 0 Å². The molecule has 0 aliphatic heterocycles. The largest absolute Gasteiger partial charge is 0.411 e. The van der Waals surface area contributed by atoms with Crippen molar-refractivity contribution in [2.24, 2.45) is 0 Å². The molecule has 1 aliphatic carbocycles. The fourth-order valence-corrected chi connectivity index (χ4v) is 3.73. The van der Waals surface area contributed by atoms with Crippen LogP contribution in [0.25, 0.3) is 0 Å². The third-order valence-corrected chi connectivity index (χ3v) is 4.60. The van der Waals surface area contributed by atoms with E-state index in [1.54, 1.807) is 7.11 Å². The van der Waals surface area contributed by atoms with Crippen LogP contribution in [0.15, 0.2) is 11.6 Å². The molecule has 1 rings (SSSR count). The lowest BCUT2D eigenvalue weighted by molar-refractivity contribution is -0.122. The van der Waals surface area contributed by atoms with Gasteiger partial charge in [0.25, 0.3) is 0 Å². The summed E-state index contributed by atoms with van der Waals surface area (Å²) < 4.78 is 10.8. The quantitative estimate of drug-likeness (QED) is 0.429. The molecule has 0 saturated carbocycles. The SMILES string of the molecule is COCC(=O)CCCCCCC1=CC(O[Si](C)(C)C)CC1=O. The van der Waals surface area contributed by atoms with Crippen molar-refractivity contribution >= 4 is 19.9 Å². The van der Waals surface area contributed by atoms with Gasteiger partial charge in [-0.25, -0.2) is 0 Å². The fourth-order valence-electron chi connectivity index (χ4n) is 2.67. The summed E-state index contributed by atoms with van der Waals surface area (Å²) in [7, 11) is -0.0420. The number of Topliss-reactive ketones (excluding diaryl/α,β-unsaturated/α-hetero) is 2. The highest BCUT2D eigenvalue weighted by Crippen LogP contribution is 2.25. The lowest BCUT2D eigenvalue weighted by Gasteiger charge is -2.21. The number of rotatable bonds is 11. The van der Waals surface area contributed by atoms with E-state index in [0.29, 0.717) is 12.8 Å². The maximum absolute atomic E-state index is 12.0. The molecule has 0 aromatic heterocycles. The van der Waals surface area contributed by atoms with Gasteiger partial charge >= 0.3 is 0 Å². The van der Waals surface area contributed by atoms with Crippen molar-refractivity contribution in [2.75, 3.05) is 13.7 Å². The second kappa shape index (κ2) is 9.38. The molecule has 0 spiro atoms. The maximum Gasteiger partial charge on any atom is 0.184 e. The van der Waals surface area contributed by atoms with Crippen LogP contribution in [-0.2, 0) is 18.8 Å². The highest BCUT2D eigenvalue weighted by molar-refractivity contribution is 6.69. The number of hydrogen-bond acceptors (Lipinski definition) is 4. The van der Waals surface area contributed by atoms with Crippen LogP contribution in [0.4, 0.5) is 0 Å². The van der Waals surface area contributed by atoms with Crippen LogP contribution in [0.3, 0.4) is 0 Å². The Morgan fingerprint density at radius 2 is 1.91 bits per heavy atom. The number of carbonyl (C=O) groups excluding carboxylic acids is 2. The van der Waals surface area contributed by atoms with Crippen molar-refractivity contribution in [1.82, 2.24) is 0 Å². The first kappa shape index (κ1) is 19.3.